The van der Waals surface area contributed by atoms with E-state index in [0.29, 0.717) is 22.5 Å². The standard InChI is InChI=1S/C44H33Cl2F5N6O9/c1-53-26-17-30(65-3)29(64-2)16-25(26)52-24(38(53)59)12-13-54-41(62)55-14-11-22-27(57(55)42(54)63)18-43(45)39(60)56(37-35(50)33(48)32(47)34(49)36(37)51)40(61)44(43,46)31(22)23-10-9-21(15-28(23)58)66-19-20-7-5-4-6-8-20/h4-11,15-17,27,31,58H,12-14,18-19H2,1-3H3. The fraction of sp³-hybridized carbons (Fsp3) is 0.273. The fourth-order valence-electron chi connectivity index (χ4n) is 9.10. The van der Waals surface area contributed by atoms with Gasteiger partial charge in [0.15, 0.2) is 44.5 Å². The number of rotatable bonds is 10. The molecule has 2 amide bonds. The number of hydrogen-bond acceptors (Lipinski definition) is 10. The van der Waals surface area contributed by atoms with Gasteiger partial charge in [0.2, 0.25) is 5.82 Å². The maximum Gasteiger partial charge on any atom is 0.347 e. The van der Waals surface area contributed by atoms with Gasteiger partial charge in [0.25, 0.3) is 17.4 Å². The molecule has 4 heterocycles. The van der Waals surface area contributed by atoms with E-state index in [1.54, 1.807) is 42.5 Å². The Morgan fingerprint density at radius 3 is 2.14 bits per heavy atom. The number of imide groups is 1. The van der Waals surface area contributed by atoms with Gasteiger partial charge in [-0.25, -0.2) is 55.4 Å². The Bertz CT molecular complexity index is 3270. The predicted molar refractivity (Wildman–Crippen MR) is 226 cm³/mol. The third-order valence-corrected chi connectivity index (χ3v) is 13.8. The monoisotopic (exact) mass is 954 g/mol. The van der Waals surface area contributed by atoms with Crippen LogP contribution in [0.3, 0.4) is 0 Å². The molecule has 0 radical (unpaired) electrons. The third kappa shape index (κ3) is 6.28. The molecule has 4 atom stereocenters. The van der Waals surface area contributed by atoms with E-state index in [9.17, 15) is 42.3 Å². The van der Waals surface area contributed by atoms with Crippen LogP contribution in [0.15, 0.2) is 86.7 Å². The van der Waals surface area contributed by atoms with Crippen LogP contribution in [0.25, 0.3) is 11.0 Å². The van der Waals surface area contributed by atoms with Crippen molar-refractivity contribution in [1.82, 2.24) is 23.5 Å². The number of anilines is 1. The highest BCUT2D eigenvalue weighted by Gasteiger charge is 2.76. The zero-order valence-corrected chi connectivity index (χ0v) is 36.1. The first-order valence-corrected chi connectivity index (χ1v) is 20.7. The number of aromatic hydroxyl groups is 1. The lowest BCUT2D eigenvalue weighted by Gasteiger charge is -2.49. The summed E-state index contributed by atoms with van der Waals surface area (Å²) in [4.78, 5) is 69.7. The number of hydrogen-bond donors (Lipinski definition) is 1. The molecule has 15 nitrogen and oxygen atoms in total. The molecule has 342 valence electrons. The average molecular weight is 956 g/mol. The van der Waals surface area contributed by atoms with Gasteiger partial charge in [-0.3, -0.25) is 14.4 Å². The molecule has 4 aromatic carbocycles. The molecule has 4 unspecified atom stereocenters. The Kier molecular flexibility index (Phi) is 10.7. The molecule has 1 aliphatic carbocycles. The maximum atomic E-state index is 15.5. The first-order valence-electron chi connectivity index (χ1n) is 19.9. The van der Waals surface area contributed by atoms with Gasteiger partial charge >= 0.3 is 11.4 Å². The van der Waals surface area contributed by atoms with Crippen LogP contribution < -0.4 is 36.0 Å². The number of methoxy groups -OCH3 is 2. The molecule has 9 rings (SSSR count). The number of aromatic nitrogens is 5. The van der Waals surface area contributed by atoms with E-state index < -0.39 is 104 Å². The molecule has 2 aliphatic heterocycles. The maximum absolute atomic E-state index is 15.5. The molecule has 1 saturated heterocycles. The number of alkyl halides is 2. The van der Waals surface area contributed by atoms with Crippen molar-refractivity contribution in [1.29, 1.82) is 0 Å². The lowest BCUT2D eigenvalue weighted by atomic mass is 9.64. The second-order valence-corrected chi connectivity index (χ2v) is 17.0. The molecule has 2 aromatic heterocycles. The summed E-state index contributed by atoms with van der Waals surface area (Å²) in [6.45, 7) is -0.734. The number of halogens is 7. The number of phenols is 1. The summed E-state index contributed by atoms with van der Waals surface area (Å²) in [5.41, 5.74) is -3.14. The van der Waals surface area contributed by atoms with Crippen molar-refractivity contribution in [2.24, 2.45) is 7.05 Å². The van der Waals surface area contributed by atoms with Crippen LogP contribution in [-0.2, 0) is 42.8 Å². The Hall–Kier alpha value is -6.93. The fourth-order valence-corrected chi connectivity index (χ4v) is 10.0. The zero-order valence-electron chi connectivity index (χ0n) is 34.6. The highest BCUT2D eigenvalue weighted by atomic mass is 35.5. The number of amides is 2. The highest BCUT2D eigenvalue weighted by molar-refractivity contribution is 6.58. The molecular weight excluding hydrogens is 922 g/mol. The molecule has 66 heavy (non-hydrogen) atoms. The van der Waals surface area contributed by atoms with Gasteiger partial charge in [0, 0.05) is 56.1 Å². The van der Waals surface area contributed by atoms with Crippen LogP contribution >= 0.6 is 23.2 Å². The van der Waals surface area contributed by atoms with E-state index in [1.807, 2.05) is 0 Å². The molecular formula is C44H33Cl2F5N6O9. The number of aryl methyl sites for hydroxylation is 2. The lowest BCUT2D eigenvalue weighted by molar-refractivity contribution is -0.122. The summed E-state index contributed by atoms with van der Waals surface area (Å²) in [7, 11) is 4.34. The first kappa shape index (κ1) is 44.3. The normalized spacial score (nSPS) is 21.1. The molecule has 0 spiro atoms. The Labute approximate surface area is 378 Å². The minimum atomic E-state index is -2.90. The van der Waals surface area contributed by atoms with Gasteiger partial charge in [-0.05, 0) is 17.2 Å². The van der Waals surface area contributed by atoms with Crippen LogP contribution in [0.5, 0.6) is 23.0 Å². The van der Waals surface area contributed by atoms with Crippen molar-refractivity contribution in [3.8, 4) is 23.0 Å². The molecule has 22 heteroatoms. The van der Waals surface area contributed by atoms with Gasteiger partial charge in [0.05, 0.1) is 37.8 Å². The van der Waals surface area contributed by atoms with Crippen molar-refractivity contribution in [2.45, 2.75) is 54.2 Å². The largest absolute Gasteiger partial charge is 0.508 e. The van der Waals surface area contributed by atoms with Crippen LogP contribution in [-0.4, -0.2) is 64.4 Å². The average Bonchev–Trinajstić information content (AvgIpc) is 3.64. The number of nitrogens with zero attached hydrogens (tertiary/aromatic N) is 6. The first-order chi connectivity index (χ1) is 31.4. The number of fused-ring (bicyclic) bond motifs is 5. The number of allylic oxidation sites excluding steroid dienone is 2. The Morgan fingerprint density at radius 1 is 0.833 bits per heavy atom. The van der Waals surface area contributed by atoms with Crippen LogP contribution in [0.2, 0.25) is 0 Å². The zero-order chi connectivity index (χ0) is 47.3. The van der Waals surface area contributed by atoms with Gasteiger partial charge in [0.1, 0.15) is 29.5 Å². The molecule has 6 aromatic rings. The quantitative estimate of drug-likeness (QED) is 0.0463. The van der Waals surface area contributed by atoms with E-state index >= 15 is 8.78 Å². The van der Waals surface area contributed by atoms with Crippen molar-refractivity contribution in [3.05, 3.63) is 150 Å². The van der Waals surface area contributed by atoms with Gasteiger partial charge in [-0.15, -0.1) is 23.2 Å². The number of carbonyl (C=O) groups excluding carboxylic acids is 2. The van der Waals surface area contributed by atoms with Crippen molar-refractivity contribution in [2.75, 3.05) is 19.1 Å². The number of ether oxygens (including phenoxy) is 3. The second kappa shape index (κ2) is 15.9. The van der Waals surface area contributed by atoms with Crippen LogP contribution in [0, 0.1) is 29.1 Å². The smallest absolute Gasteiger partial charge is 0.347 e. The Balaban J connectivity index is 1.15. The topological polar surface area (TPSA) is 169 Å². The lowest BCUT2D eigenvalue weighted by Crippen LogP contribution is -2.59. The molecule has 1 saturated carbocycles. The summed E-state index contributed by atoms with van der Waals surface area (Å²) in [5.74, 6) is -17.7. The van der Waals surface area contributed by atoms with Crippen molar-refractivity contribution >= 4 is 51.7 Å². The Morgan fingerprint density at radius 2 is 1.48 bits per heavy atom. The van der Waals surface area contributed by atoms with Crippen molar-refractivity contribution in [3.63, 3.8) is 0 Å². The highest BCUT2D eigenvalue weighted by Crippen LogP contribution is 2.65. The van der Waals surface area contributed by atoms with Gasteiger partial charge in [-0.1, -0.05) is 42.5 Å². The summed E-state index contributed by atoms with van der Waals surface area (Å²) in [6.07, 6.45) is 0.281. The molecule has 2 fully saturated rings. The number of carbonyl (C=O) groups is 2. The SMILES string of the molecule is COc1cc2nc(CCn3c(=O)n4n(c3=O)C3CC5(Cl)C(=O)N(c6c(F)c(F)c(F)c(F)c6F)C(=O)C5(Cl)C(c5ccc(OCc6ccccc6)cc5O)C3=CC4)c(=O)n(C)c2cc1OC. The molecule has 0 bridgehead atoms. The molecule has 3 aliphatic rings. The second-order valence-electron chi connectivity index (χ2n) is 15.7. The molecule has 1 N–H and O–H groups in total. The van der Waals surface area contributed by atoms with Crippen LogP contribution in [0.1, 0.15) is 35.2 Å². The van der Waals surface area contributed by atoms with Gasteiger partial charge in [-0.2, -0.15) is 0 Å². The summed E-state index contributed by atoms with van der Waals surface area (Å²) in [5, 5.41) is 11.7. The summed E-state index contributed by atoms with van der Waals surface area (Å²) >= 11 is 14.4. The minimum absolute atomic E-state index is 0.0173. The van der Waals surface area contributed by atoms with E-state index in [0.717, 1.165) is 25.6 Å². The van der Waals surface area contributed by atoms with E-state index in [-0.39, 0.29) is 47.1 Å². The third-order valence-electron chi connectivity index (χ3n) is 12.4. The van der Waals surface area contributed by atoms with Crippen LogP contribution in [0.4, 0.5) is 27.6 Å². The van der Waals surface area contributed by atoms with Crippen molar-refractivity contribution < 1.29 is 50.9 Å². The van der Waals surface area contributed by atoms with Gasteiger partial charge < -0.3 is 23.9 Å². The summed E-state index contributed by atoms with van der Waals surface area (Å²) < 4.78 is 95.2. The van der Waals surface area contributed by atoms with E-state index in [4.69, 9.17) is 37.4 Å². The summed E-state index contributed by atoms with van der Waals surface area (Å²) in [6, 6.07) is 14.4. The van der Waals surface area contributed by atoms with E-state index in [2.05, 4.69) is 4.98 Å². The number of phenolic OH excluding ortho intramolecular Hbond substituents is 1. The minimum Gasteiger partial charge on any atom is -0.508 e. The number of benzene rings is 4. The van der Waals surface area contributed by atoms with E-state index in [1.165, 1.54) is 44.0 Å². The predicted octanol–water partition coefficient (Wildman–Crippen LogP) is 5.50.